The van der Waals surface area contributed by atoms with Crippen molar-refractivity contribution in [2.75, 3.05) is 35.0 Å². The van der Waals surface area contributed by atoms with Crippen LogP contribution in [-0.4, -0.2) is 51.3 Å². The molecule has 1 aliphatic heterocycles. The topological polar surface area (TPSA) is 78.6 Å². The maximum Gasteiger partial charge on any atom is 0.313 e. The molecule has 1 aliphatic rings. The Bertz CT molecular complexity index is 1040. The quantitative estimate of drug-likeness (QED) is 0.314. The van der Waals surface area contributed by atoms with Crippen LogP contribution in [0.2, 0.25) is 0 Å². The first-order chi connectivity index (χ1) is 15.1. The van der Waals surface area contributed by atoms with Crippen molar-refractivity contribution in [3.8, 4) is 0 Å². The Kier molecular flexibility index (Phi) is 6.28. The molecule has 1 atom stereocenters. The van der Waals surface area contributed by atoms with Crippen molar-refractivity contribution in [2.24, 2.45) is 0 Å². The van der Waals surface area contributed by atoms with E-state index >= 15 is 0 Å². The summed E-state index contributed by atoms with van der Waals surface area (Å²) in [6.07, 6.45) is 2.03. The van der Waals surface area contributed by atoms with Crippen molar-refractivity contribution in [1.29, 1.82) is 0 Å². The second-order valence-corrected chi connectivity index (χ2v) is 8.00. The minimum absolute atomic E-state index is 0.0733. The van der Waals surface area contributed by atoms with E-state index in [2.05, 4.69) is 9.97 Å². The van der Waals surface area contributed by atoms with Crippen molar-refractivity contribution in [2.45, 2.75) is 6.30 Å². The zero-order chi connectivity index (χ0) is 21.8. The average Bonchev–Trinajstić information content (AvgIpc) is 2.81. The monoisotopic (exact) mass is 440 g/mol. The highest BCUT2D eigenvalue weighted by atomic mass is 32.2. The first-order valence-corrected chi connectivity index (χ1v) is 10.8. The van der Waals surface area contributed by atoms with Gasteiger partial charge in [0, 0.05) is 49.2 Å². The Hall–Kier alpha value is -3.24. The number of hydrogen-bond donors (Lipinski definition) is 0. The Morgan fingerprint density at radius 3 is 2.55 bits per heavy atom. The normalized spacial score (nSPS) is 16.6. The van der Waals surface area contributed by atoms with E-state index in [9.17, 15) is 14.5 Å². The van der Waals surface area contributed by atoms with Crippen LogP contribution in [0.5, 0.6) is 0 Å². The van der Waals surface area contributed by atoms with Crippen LogP contribution in [0.3, 0.4) is 0 Å². The van der Waals surface area contributed by atoms with Gasteiger partial charge in [-0.3, -0.25) is 15.1 Å². The minimum atomic E-state index is -1.29. The second-order valence-electron chi connectivity index (χ2n) is 6.85. The van der Waals surface area contributed by atoms with Gasteiger partial charge in [0.05, 0.1) is 10.6 Å². The molecule has 0 spiro atoms. The van der Waals surface area contributed by atoms with Gasteiger partial charge < -0.3 is 4.90 Å². The smallest absolute Gasteiger partial charge is 0.313 e. The summed E-state index contributed by atoms with van der Waals surface area (Å²) in [6.45, 7) is 0.407. The van der Waals surface area contributed by atoms with Crippen LogP contribution in [-0.2, 0) is 0 Å². The average molecular weight is 441 g/mol. The van der Waals surface area contributed by atoms with Crippen LogP contribution < -0.4 is 9.91 Å². The highest BCUT2D eigenvalue weighted by Gasteiger charge is 2.34. The third kappa shape index (κ3) is 4.44. The van der Waals surface area contributed by atoms with E-state index in [4.69, 9.17) is 0 Å². The molecule has 3 heterocycles. The fourth-order valence-electron chi connectivity index (χ4n) is 3.37. The largest absolute Gasteiger partial charge is 0.329 e. The summed E-state index contributed by atoms with van der Waals surface area (Å²) in [5.41, 5.74) is 1.24. The van der Waals surface area contributed by atoms with Crippen LogP contribution >= 0.6 is 11.8 Å². The molecule has 1 unspecified atom stereocenters. The van der Waals surface area contributed by atoms with Gasteiger partial charge in [0.25, 0.3) is 0 Å². The number of nitro groups is 1. The molecule has 31 heavy (non-hydrogen) atoms. The second kappa shape index (κ2) is 9.27. The number of anilines is 4. The summed E-state index contributed by atoms with van der Waals surface area (Å²) in [6, 6.07) is 15.7. The molecule has 1 fully saturated rings. The summed E-state index contributed by atoms with van der Waals surface area (Å²) in [7, 11) is 1.82. The van der Waals surface area contributed by atoms with Gasteiger partial charge in [-0.1, -0.05) is 18.2 Å². The molecule has 1 saturated heterocycles. The van der Waals surface area contributed by atoms with Crippen LogP contribution in [0.25, 0.3) is 0 Å². The summed E-state index contributed by atoms with van der Waals surface area (Å²) < 4.78 is 15.0. The van der Waals surface area contributed by atoms with Crippen molar-refractivity contribution >= 4 is 40.5 Å². The Morgan fingerprint density at radius 2 is 1.87 bits per heavy atom. The molecule has 10 heteroatoms. The lowest BCUT2D eigenvalue weighted by atomic mass is 10.2. The molecule has 0 radical (unpaired) electrons. The molecule has 4 rings (SSSR count). The predicted molar refractivity (Wildman–Crippen MR) is 121 cm³/mol. The predicted octanol–water partition coefficient (Wildman–Crippen LogP) is 4.55. The van der Waals surface area contributed by atoms with Crippen molar-refractivity contribution in [3.63, 3.8) is 0 Å². The van der Waals surface area contributed by atoms with Crippen LogP contribution in [0.15, 0.2) is 67.0 Å². The maximum absolute atomic E-state index is 15.0. The van der Waals surface area contributed by atoms with Crippen molar-refractivity contribution in [3.05, 3.63) is 77.1 Å². The molecule has 0 aliphatic carbocycles. The number of rotatable bonds is 6. The van der Waals surface area contributed by atoms with Gasteiger partial charge in [-0.25, -0.2) is 14.4 Å². The molecule has 0 bridgehead atoms. The number of para-hydroxylation sites is 1. The van der Waals surface area contributed by atoms with Crippen LogP contribution in [0, 0.1) is 10.1 Å². The van der Waals surface area contributed by atoms with E-state index in [1.165, 1.54) is 27.8 Å². The molecule has 0 N–H and O–H groups in total. The first-order valence-electron chi connectivity index (χ1n) is 9.69. The SMILES string of the molecule is CN(c1ccncc1)c1ccc([N+](=O)[O-])c(N(c2ccccc2)N2CCSCC2F)n1. The molecule has 1 aromatic carbocycles. The zero-order valence-electron chi connectivity index (χ0n) is 16.8. The van der Waals surface area contributed by atoms with Gasteiger partial charge in [-0.15, -0.1) is 0 Å². The summed E-state index contributed by atoms with van der Waals surface area (Å²) in [5.74, 6) is 1.57. The number of halogens is 1. The molecule has 3 aromatic rings. The summed E-state index contributed by atoms with van der Waals surface area (Å²) >= 11 is 1.52. The number of thioether (sulfide) groups is 1. The fraction of sp³-hybridized carbons (Fsp3) is 0.238. The summed E-state index contributed by atoms with van der Waals surface area (Å²) in [4.78, 5) is 21.8. The molecular weight excluding hydrogens is 419 g/mol. The molecule has 160 valence electrons. The number of alkyl halides is 1. The van der Waals surface area contributed by atoms with E-state index in [0.29, 0.717) is 23.8 Å². The van der Waals surface area contributed by atoms with Gasteiger partial charge in [0.2, 0.25) is 5.82 Å². The number of nitrogens with zero attached hydrogens (tertiary/aromatic N) is 6. The van der Waals surface area contributed by atoms with Gasteiger partial charge >= 0.3 is 5.69 Å². The number of benzene rings is 1. The highest BCUT2D eigenvalue weighted by Crippen LogP contribution is 2.38. The van der Waals surface area contributed by atoms with Crippen LogP contribution in [0.4, 0.5) is 33.1 Å². The van der Waals surface area contributed by atoms with E-state index in [-0.39, 0.29) is 17.3 Å². The maximum atomic E-state index is 15.0. The molecule has 0 amide bonds. The number of hydrogen-bond acceptors (Lipinski definition) is 8. The highest BCUT2D eigenvalue weighted by molar-refractivity contribution is 7.99. The molecule has 0 saturated carbocycles. The molecule has 2 aromatic heterocycles. The van der Waals surface area contributed by atoms with E-state index in [1.54, 1.807) is 35.5 Å². The first kappa shape index (κ1) is 21.0. The van der Waals surface area contributed by atoms with E-state index < -0.39 is 11.2 Å². The van der Waals surface area contributed by atoms with Gasteiger partial charge in [0.15, 0.2) is 6.30 Å². The number of pyridine rings is 2. The Morgan fingerprint density at radius 1 is 1.13 bits per heavy atom. The van der Waals surface area contributed by atoms with Crippen molar-refractivity contribution in [1.82, 2.24) is 15.0 Å². The fourth-order valence-corrected chi connectivity index (χ4v) is 4.22. The standard InChI is InChI=1S/C21H21FN6O2S/c1-25(16-9-11-23-12-10-16)20-8-7-18(28(29)30)21(24-20)27(17-5-3-2-4-6-17)26-13-14-31-15-19(26)22/h2-12,19H,13-15H2,1H3. The van der Waals surface area contributed by atoms with E-state index in [0.717, 1.165) is 5.69 Å². The minimum Gasteiger partial charge on any atom is -0.329 e. The van der Waals surface area contributed by atoms with Gasteiger partial charge in [-0.2, -0.15) is 16.8 Å². The van der Waals surface area contributed by atoms with Gasteiger partial charge in [-0.05, 0) is 30.3 Å². The number of aromatic nitrogens is 2. The number of hydrazine groups is 1. The van der Waals surface area contributed by atoms with Crippen molar-refractivity contribution < 1.29 is 9.31 Å². The lowest BCUT2D eigenvalue weighted by Crippen LogP contribution is -2.49. The Balaban J connectivity index is 1.85. The van der Waals surface area contributed by atoms with Crippen LogP contribution in [0.1, 0.15) is 0 Å². The van der Waals surface area contributed by atoms with Gasteiger partial charge in [0.1, 0.15) is 5.82 Å². The molecular formula is C21H21FN6O2S. The molecule has 8 nitrogen and oxygen atoms in total. The third-order valence-corrected chi connectivity index (χ3v) is 5.91. The Labute approximate surface area is 183 Å². The zero-order valence-corrected chi connectivity index (χ0v) is 17.7. The lowest BCUT2D eigenvalue weighted by molar-refractivity contribution is -0.384. The summed E-state index contributed by atoms with van der Waals surface area (Å²) in [5, 5.41) is 14.9. The lowest BCUT2D eigenvalue weighted by Gasteiger charge is -2.39. The third-order valence-electron chi connectivity index (χ3n) is 4.93. The van der Waals surface area contributed by atoms with E-state index in [1.807, 2.05) is 37.4 Å².